The topological polar surface area (TPSA) is 49.9 Å². The van der Waals surface area contributed by atoms with Crippen LogP contribution in [-0.2, 0) is 0 Å². The van der Waals surface area contributed by atoms with Crippen molar-refractivity contribution in [3.63, 3.8) is 0 Å². The van der Waals surface area contributed by atoms with E-state index >= 15 is 0 Å². The molecule has 3 aromatic rings. The molecule has 0 saturated heterocycles. The van der Waals surface area contributed by atoms with Gasteiger partial charge in [-0.2, -0.15) is 0 Å². The Hall–Kier alpha value is -2.71. The van der Waals surface area contributed by atoms with Crippen LogP contribution in [0.4, 0.5) is 0 Å². The Morgan fingerprint density at radius 1 is 0.609 bits per heavy atom. The molecule has 0 fully saturated rings. The highest BCUT2D eigenvalue weighted by Gasteiger charge is 2.05. The number of rotatable bonds is 2. The summed E-state index contributed by atoms with van der Waals surface area (Å²) in [5, 5.41) is 5.50. The lowest BCUT2D eigenvalue weighted by Gasteiger charge is -2.10. The van der Waals surface area contributed by atoms with Crippen LogP contribution in [0.15, 0.2) is 78.9 Å². The summed E-state index contributed by atoms with van der Waals surface area (Å²) >= 11 is 0. The van der Waals surface area contributed by atoms with Crippen LogP contribution < -0.4 is 5.73 Å². The molecule has 0 bridgehead atoms. The van der Waals surface area contributed by atoms with E-state index in [1.165, 1.54) is 34.9 Å². The average molecular weight is 304 g/mol. The summed E-state index contributed by atoms with van der Waals surface area (Å²) in [6.07, 6.45) is 0. The van der Waals surface area contributed by atoms with Crippen molar-refractivity contribution in [1.29, 1.82) is 5.41 Å². The summed E-state index contributed by atoms with van der Waals surface area (Å²) in [5.41, 5.74) is 10.9. The molecule has 0 aliphatic rings. The molecule has 2 nitrogen and oxygen atoms in total. The van der Waals surface area contributed by atoms with Gasteiger partial charge in [0.2, 0.25) is 0 Å². The van der Waals surface area contributed by atoms with E-state index in [1.54, 1.807) is 0 Å². The van der Waals surface area contributed by atoms with Gasteiger partial charge in [0.15, 0.2) is 0 Å². The van der Waals surface area contributed by atoms with Crippen molar-refractivity contribution in [2.24, 2.45) is 5.73 Å². The van der Waals surface area contributed by atoms with Gasteiger partial charge in [-0.05, 0) is 42.9 Å². The Bertz CT molecular complexity index is 689. The Morgan fingerprint density at radius 3 is 1.48 bits per heavy atom. The zero-order valence-electron chi connectivity index (χ0n) is 13.8. The first-order valence-electron chi connectivity index (χ1n) is 7.49. The van der Waals surface area contributed by atoms with E-state index in [1.807, 2.05) is 0 Å². The third kappa shape index (κ3) is 4.90. The monoisotopic (exact) mass is 304 g/mol. The molecule has 0 spiro atoms. The molecule has 3 aromatic carbocycles. The Labute approximate surface area is 139 Å². The molecule has 0 aromatic heterocycles. The summed E-state index contributed by atoms with van der Waals surface area (Å²) in [5.74, 6) is 0. The normalized spacial score (nSPS) is 9.00. The zero-order valence-corrected chi connectivity index (χ0v) is 13.8. The van der Waals surface area contributed by atoms with Crippen molar-refractivity contribution in [1.82, 2.24) is 0 Å². The van der Waals surface area contributed by atoms with Crippen LogP contribution in [0.3, 0.4) is 0 Å². The minimum absolute atomic E-state index is 1.26. The highest BCUT2D eigenvalue weighted by Crippen LogP contribution is 2.31. The Balaban J connectivity index is 0.000000615. The fourth-order valence-corrected chi connectivity index (χ4v) is 2.34. The molecular formula is C21H24N2. The van der Waals surface area contributed by atoms with Crippen molar-refractivity contribution in [2.75, 3.05) is 7.05 Å². The van der Waals surface area contributed by atoms with Crippen LogP contribution in [0.1, 0.15) is 5.56 Å². The van der Waals surface area contributed by atoms with E-state index in [9.17, 15) is 0 Å². The summed E-state index contributed by atoms with van der Waals surface area (Å²) in [6, 6.07) is 27.8. The van der Waals surface area contributed by atoms with Crippen molar-refractivity contribution in [3.05, 3.63) is 84.4 Å². The predicted molar refractivity (Wildman–Crippen MR) is 102 cm³/mol. The lowest BCUT2D eigenvalue weighted by atomic mass is 9.94. The molecule has 0 saturated carbocycles. The van der Waals surface area contributed by atoms with Gasteiger partial charge in [-0.25, -0.2) is 0 Å². The quantitative estimate of drug-likeness (QED) is 0.630. The summed E-state index contributed by atoms with van der Waals surface area (Å²) in [4.78, 5) is 0. The SMILES string of the molecule is C=N.CN.Cc1ccc(-c2ccccc2-c2ccccc2)cc1. The number of hydrogen-bond donors (Lipinski definition) is 2. The number of aryl methyl sites for hydroxylation is 1. The molecule has 0 aliphatic heterocycles. The number of nitrogens with two attached hydrogens (primary N) is 1. The fourth-order valence-electron chi connectivity index (χ4n) is 2.34. The Kier molecular flexibility index (Phi) is 8.04. The van der Waals surface area contributed by atoms with Crippen molar-refractivity contribution in [2.45, 2.75) is 6.92 Å². The van der Waals surface area contributed by atoms with Crippen LogP contribution in [-0.4, -0.2) is 13.8 Å². The van der Waals surface area contributed by atoms with Gasteiger partial charge in [0.1, 0.15) is 0 Å². The second-order valence-electron chi connectivity index (χ2n) is 4.78. The van der Waals surface area contributed by atoms with E-state index in [-0.39, 0.29) is 0 Å². The van der Waals surface area contributed by atoms with Crippen LogP contribution in [0.2, 0.25) is 0 Å². The first kappa shape index (κ1) is 18.3. The highest BCUT2D eigenvalue weighted by molar-refractivity contribution is 5.83. The second-order valence-corrected chi connectivity index (χ2v) is 4.78. The molecule has 0 radical (unpaired) electrons. The van der Waals surface area contributed by atoms with Gasteiger partial charge in [0.05, 0.1) is 0 Å². The molecule has 0 aliphatic carbocycles. The molecule has 118 valence electrons. The molecule has 23 heavy (non-hydrogen) atoms. The minimum Gasteiger partial charge on any atom is -0.333 e. The maximum absolute atomic E-state index is 5.50. The average Bonchev–Trinajstić information content (AvgIpc) is 2.66. The number of nitrogens with one attached hydrogen (secondary N) is 1. The summed E-state index contributed by atoms with van der Waals surface area (Å²) in [7, 11) is 1.50. The van der Waals surface area contributed by atoms with Crippen LogP contribution >= 0.6 is 0 Å². The van der Waals surface area contributed by atoms with E-state index < -0.39 is 0 Å². The van der Waals surface area contributed by atoms with Gasteiger partial charge in [0, 0.05) is 0 Å². The molecular weight excluding hydrogens is 280 g/mol. The van der Waals surface area contributed by atoms with E-state index in [0.717, 1.165) is 0 Å². The number of hydrogen-bond acceptors (Lipinski definition) is 2. The highest BCUT2D eigenvalue weighted by atomic mass is 14.4. The maximum atomic E-state index is 5.50. The smallest absolute Gasteiger partial charge is 0.0105 e. The van der Waals surface area contributed by atoms with E-state index in [2.05, 4.69) is 98.2 Å². The van der Waals surface area contributed by atoms with Gasteiger partial charge < -0.3 is 11.1 Å². The fraction of sp³-hybridized carbons (Fsp3) is 0.0952. The standard InChI is InChI=1S/C19H16.CH5N.CH3N/c1-15-11-13-17(14-12-15)19-10-6-5-9-18(19)16-7-3-2-4-8-16;2*1-2/h2-14H,1H3;2H2,1H3;2H,1H2. The van der Waals surface area contributed by atoms with Gasteiger partial charge in [-0.1, -0.05) is 84.4 Å². The largest absolute Gasteiger partial charge is 0.333 e. The van der Waals surface area contributed by atoms with Crippen LogP contribution in [0.5, 0.6) is 0 Å². The van der Waals surface area contributed by atoms with Gasteiger partial charge >= 0.3 is 0 Å². The first-order valence-corrected chi connectivity index (χ1v) is 7.49. The molecule has 0 unspecified atom stereocenters. The van der Waals surface area contributed by atoms with Crippen molar-refractivity contribution in [3.8, 4) is 22.3 Å². The summed E-state index contributed by atoms with van der Waals surface area (Å²) < 4.78 is 0. The Morgan fingerprint density at radius 2 is 1.00 bits per heavy atom. The van der Waals surface area contributed by atoms with Crippen molar-refractivity contribution < 1.29 is 0 Å². The molecule has 0 atom stereocenters. The van der Waals surface area contributed by atoms with Crippen LogP contribution in [0.25, 0.3) is 22.3 Å². The minimum atomic E-state index is 1.26. The van der Waals surface area contributed by atoms with E-state index in [0.29, 0.717) is 0 Å². The van der Waals surface area contributed by atoms with Crippen molar-refractivity contribution >= 4 is 6.72 Å². The zero-order chi connectivity index (χ0) is 17.1. The molecule has 0 amide bonds. The summed E-state index contributed by atoms with van der Waals surface area (Å²) in [6.45, 7) is 4.62. The molecule has 2 heteroatoms. The van der Waals surface area contributed by atoms with Gasteiger partial charge in [0.25, 0.3) is 0 Å². The third-order valence-corrected chi connectivity index (χ3v) is 3.37. The van der Waals surface area contributed by atoms with Crippen LogP contribution in [0, 0.1) is 12.3 Å². The maximum Gasteiger partial charge on any atom is -0.0105 e. The molecule has 3 rings (SSSR count). The first-order chi connectivity index (χ1) is 11.3. The lowest BCUT2D eigenvalue weighted by molar-refractivity contribution is 1.47. The van der Waals surface area contributed by atoms with E-state index in [4.69, 9.17) is 5.41 Å². The van der Waals surface area contributed by atoms with Gasteiger partial charge in [-0.15, -0.1) is 0 Å². The third-order valence-electron chi connectivity index (χ3n) is 3.37. The molecule has 3 N–H and O–H groups in total. The predicted octanol–water partition coefficient (Wildman–Crippen LogP) is 5.17. The second kappa shape index (κ2) is 10.1. The lowest BCUT2D eigenvalue weighted by Crippen LogP contribution is -1.84. The number of benzene rings is 3. The molecule has 0 heterocycles. The van der Waals surface area contributed by atoms with Gasteiger partial charge in [-0.3, -0.25) is 0 Å².